The van der Waals surface area contributed by atoms with Crippen molar-refractivity contribution in [1.29, 1.82) is 0 Å². The predicted molar refractivity (Wildman–Crippen MR) is 122 cm³/mol. The van der Waals surface area contributed by atoms with Crippen LogP contribution < -0.4 is 15.8 Å². The summed E-state index contributed by atoms with van der Waals surface area (Å²) in [6.07, 6.45) is -4.97. The zero-order valence-electron chi connectivity index (χ0n) is 18.5. The molecule has 2 aromatic carbocycles. The van der Waals surface area contributed by atoms with Crippen molar-refractivity contribution < 1.29 is 27.1 Å². The summed E-state index contributed by atoms with van der Waals surface area (Å²) in [4.78, 5) is 27.9. The van der Waals surface area contributed by atoms with Gasteiger partial charge in [0.15, 0.2) is 0 Å². The van der Waals surface area contributed by atoms with Crippen molar-refractivity contribution in [3.63, 3.8) is 0 Å². The number of hydrogen-bond acceptors (Lipinski definition) is 6. The number of alkyl halides is 3. The van der Waals surface area contributed by atoms with E-state index in [1.807, 2.05) is 4.90 Å². The second-order valence-electron chi connectivity index (χ2n) is 7.96. The third kappa shape index (κ3) is 5.51. The molecule has 0 saturated carbocycles. The Morgan fingerprint density at radius 3 is 2.56 bits per heavy atom. The Morgan fingerprint density at radius 1 is 1.09 bits per heavy atom. The molecular weight excluding hydrogens is 451 g/mol. The fourth-order valence-corrected chi connectivity index (χ4v) is 4.01. The van der Waals surface area contributed by atoms with Gasteiger partial charge in [-0.3, -0.25) is 10.2 Å². The van der Waals surface area contributed by atoms with Crippen molar-refractivity contribution in [3.05, 3.63) is 70.1 Å². The number of piperazine rings is 1. The molecule has 1 aliphatic rings. The molecule has 0 unspecified atom stereocenters. The Balaban J connectivity index is 1.45. The van der Waals surface area contributed by atoms with Gasteiger partial charge < -0.3 is 14.1 Å². The molecular formula is C24H24F3N3O4. The first-order chi connectivity index (χ1) is 16.2. The van der Waals surface area contributed by atoms with E-state index in [0.717, 1.165) is 17.0 Å². The highest BCUT2D eigenvalue weighted by Crippen LogP contribution is 2.32. The molecule has 10 heteroatoms. The molecule has 3 aromatic rings. The van der Waals surface area contributed by atoms with Gasteiger partial charge in [-0.05, 0) is 42.8 Å². The smallest absolute Gasteiger partial charge is 0.416 e. The summed E-state index contributed by atoms with van der Waals surface area (Å²) in [6.45, 7) is 4.80. The van der Waals surface area contributed by atoms with E-state index in [-0.39, 0.29) is 6.61 Å². The molecule has 34 heavy (non-hydrogen) atoms. The Hall–Kier alpha value is -3.53. The number of fused-ring (bicyclic) bond motifs is 1. The van der Waals surface area contributed by atoms with Crippen LogP contribution in [-0.2, 0) is 17.5 Å². The molecule has 0 spiro atoms. The van der Waals surface area contributed by atoms with Crippen LogP contribution in [0, 0.1) is 0 Å². The minimum Gasteiger partial charge on any atom is -0.450 e. The van der Waals surface area contributed by atoms with Gasteiger partial charge in [0.25, 0.3) is 0 Å². The fourth-order valence-electron chi connectivity index (χ4n) is 4.01. The number of rotatable bonds is 5. The van der Waals surface area contributed by atoms with Gasteiger partial charge in [-0.15, -0.1) is 0 Å². The van der Waals surface area contributed by atoms with E-state index in [0.29, 0.717) is 49.7 Å². The Morgan fingerprint density at radius 2 is 1.85 bits per heavy atom. The summed E-state index contributed by atoms with van der Waals surface area (Å²) in [5.41, 5.74) is 0.953. The maximum Gasteiger partial charge on any atom is 0.416 e. The van der Waals surface area contributed by atoms with E-state index in [2.05, 4.69) is 10.2 Å². The highest BCUT2D eigenvalue weighted by atomic mass is 19.4. The zero-order chi connectivity index (χ0) is 24.3. The summed E-state index contributed by atoms with van der Waals surface area (Å²) in [5, 5.41) is 3.32. The molecule has 180 valence electrons. The van der Waals surface area contributed by atoms with Crippen LogP contribution in [0.5, 0.6) is 0 Å². The van der Waals surface area contributed by atoms with Gasteiger partial charge in [0, 0.05) is 61.6 Å². The van der Waals surface area contributed by atoms with Gasteiger partial charge in [0.1, 0.15) is 5.58 Å². The van der Waals surface area contributed by atoms with Crippen LogP contribution >= 0.6 is 0 Å². The molecule has 0 bridgehead atoms. The van der Waals surface area contributed by atoms with Crippen LogP contribution in [0.2, 0.25) is 0 Å². The van der Waals surface area contributed by atoms with Crippen LogP contribution in [0.25, 0.3) is 11.0 Å². The highest BCUT2D eigenvalue weighted by molar-refractivity contribution is 5.90. The summed E-state index contributed by atoms with van der Waals surface area (Å²) in [6, 6.07) is 11.8. The monoisotopic (exact) mass is 475 g/mol. The molecule has 0 radical (unpaired) electrons. The zero-order valence-corrected chi connectivity index (χ0v) is 18.5. The molecule has 1 amide bonds. The number of nitrogens with one attached hydrogen (secondary N) is 1. The van der Waals surface area contributed by atoms with Crippen molar-refractivity contribution in [2.75, 3.05) is 43.0 Å². The van der Waals surface area contributed by atoms with Gasteiger partial charge in [0.05, 0.1) is 12.2 Å². The first kappa shape index (κ1) is 23.6. The third-order valence-electron chi connectivity index (χ3n) is 5.66. The fraction of sp³-hybridized carbons (Fsp3) is 0.333. The van der Waals surface area contributed by atoms with E-state index in [1.54, 1.807) is 31.2 Å². The molecule has 1 N–H and O–H groups in total. The lowest BCUT2D eigenvalue weighted by atomic mass is 10.1. The number of carbonyl (C=O) groups is 1. The first-order valence-corrected chi connectivity index (χ1v) is 10.9. The largest absolute Gasteiger partial charge is 0.450 e. The van der Waals surface area contributed by atoms with Crippen molar-refractivity contribution in [3.8, 4) is 0 Å². The summed E-state index contributed by atoms with van der Waals surface area (Å²) < 4.78 is 49.3. The van der Waals surface area contributed by atoms with E-state index < -0.39 is 23.5 Å². The normalized spacial score (nSPS) is 14.9. The molecule has 0 aliphatic carbocycles. The summed E-state index contributed by atoms with van der Waals surface area (Å²) in [7, 11) is 0. The maximum absolute atomic E-state index is 13.0. The number of amides is 1. The van der Waals surface area contributed by atoms with Gasteiger partial charge in [-0.1, -0.05) is 6.07 Å². The van der Waals surface area contributed by atoms with Gasteiger partial charge in [0.2, 0.25) is 0 Å². The first-order valence-electron chi connectivity index (χ1n) is 10.9. The van der Waals surface area contributed by atoms with Crippen molar-refractivity contribution >= 4 is 28.4 Å². The van der Waals surface area contributed by atoms with E-state index >= 15 is 0 Å². The lowest BCUT2D eigenvalue weighted by molar-refractivity contribution is -0.137. The Bertz CT molecular complexity index is 1230. The summed E-state index contributed by atoms with van der Waals surface area (Å²) in [5.74, 6) is 0. The number of carbonyl (C=O) groups excluding carboxylic acids is 1. The van der Waals surface area contributed by atoms with Crippen molar-refractivity contribution in [2.24, 2.45) is 0 Å². The molecule has 1 saturated heterocycles. The predicted octanol–water partition coefficient (Wildman–Crippen LogP) is 4.70. The number of anilines is 2. The highest BCUT2D eigenvalue weighted by Gasteiger charge is 2.31. The molecule has 4 rings (SSSR count). The molecule has 1 fully saturated rings. The van der Waals surface area contributed by atoms with E-state index in [4.69, 9.17) is 9.15 Å². The van der Waals surface area contributed by atoms with Crippen LogP contribution in [0.3, 0.4) is 0 Å². The number of benzene rings is 2. The van der Waals surface area contributed by atoms with Gasteiger partial charge in [-0.25, -0.2) is 9.59 Å². The van der Waals surface area contributed by atoms with Gasteiger partial charge >= 0.3 is 17.9 Å². The van der Waals surface area contributed by atoms with Crippen LogP contribution in [0.15, 0.2) is 57.7 Å². The number of halogens is 3. The molecule has 1 aromatic heterocycles. The van der Waals surface area contributed by atoms with Crippen LogP contribution in [-0.4, -0.2) is 43.8 Å². The molecule has 2 heterocycles. The molecule has 0 atom stereocenters. The summed E-state index contributed by atoms with van der Waals surface area (Å²) >= 11 is 0. The maximum atomic E-state index is 13.0. The third-order valence-corrected chi connectivity index (χ3v) is 5.66. The standard InChI is InChI=1S/C24H24F3N3O4/c1-2-33-23(32)28-18-6-7-20-16(12-22(31)34-21(20)14-18)15-29-8-10-30(11-9-29)19-5-3-4-17(13-19)24(25,26)27/h3-7,12-14H,2,8-11,15H2,1H3,(H,28,32). The quantitative estimate of drug-likeness (QED) is 0.539. The SMILES string of the molecule is CCOC(=O)Nc1ccc2c(CN3CCN(c4cccc(C(F)(F)F)c4)CC3)cc(=O)oc2c1. The second kappa shape index (κ2) is 9.76. The average molecular weight is 475 g/mol. The molecule has 1 aliphatic heterocycles. The lowest BCUT2D eigenvalue weighted by Gasteiger charge is -2.36. The van der Waals surface area contributed by atoms with E-state index in [9.17, 15) is 22.8 Å². The van der Waals surface area contributed by atoms with Crippen LogP contribution in [0.4, 0.5) is 29.3 Å². The minimum absolute atomic E-state index is 0.236. The lowest BCUT2D eigenvalue weighted by Crippen LogP contribution is -2.46. The van der Waals surface area contributed by atoms with Crippen molar-refractivity contribution in [1.82, 2.24) is 4.90 Å². The topological polar surface area (TPSA) is 75.0 Å². The average Bonchev–Trinajstić information content (AvgIpc) is 2.79. The minimum atomic E-state index is -4.38. The second-order valence-corrected chi connectivity index (χ2v) is 7.96. The van der Waals surface area contributed by atoms with Gasteiger partial charge in [-0.2, -0.15) is 13.2 Å². The molecule has 7 nitrogen and oxygen atoms in total. The van der Waals surface area contributed by atoms with Crippen molar-refractivity contribution in [2.45, 2.75) is 19.6 Å². The van der Waals surface area contributed by atoms with Crippen LogP contribution in [0.1, 0.15) is 18.1 Å². The number of nitrogens with zero attached hydrogens (tertiary/aromatic N) is 2. The van der Waals surface area contributed by atoms with E-state index in [1.165, 1.54) is 18.2 Å². The Labute approximate surface area is 193 Å². The number of ether oxygens (including phenoxy) is 1. The Kier molecular flexibility index (Phi) is 6.78. The number of hydrogen-bond donors (Lipinski definition) is 1.